The van der Waals surface area contributed by atoms with E-state index < -0.39 is 0 Å². The van der Waals surface area contributed by atoms with Gasteiger partial charge >= 0.3 is 0 Å². The lowest BCUT2D eigenvalue weighted by molar-refractivity contribution is -0.116. The fourth-order valence-electron chi connectivity index (χ4n) is 1.85. The monoisotopic (exact) mass is 269 g/mol. The largest absolute Gasteiger partial charge is 0.358 e. The molecule has 0 saturated carbocycles. The van der Waals surface area contributed by atoms with Crippen LogP contribution in [0.15, 0.2) is 36.4 Å². The van der Waals surface area contributed by atoms with E-state index in [9.17, 15) is 4.79 Å². The third-order valence-electron chi connectivity index (χ3n) is 3.19. The Morgan fingerprint density at radius 2 is 1.80 bits per heavy atom. The summed E-state index contributed by atoms with van der Waals surface area (Å²) < 4.78 is 0. The number of rotatable bonds is 5. The van der Waals surface area contributed by atoms with Crippen LogP contribution < -0.4 is 4.90 Å². The Hall–Kier alpha value is -2.23. The summed E-state index contributed by atoms with van der Waals surface area (Å²) in [5.74, 6) is 0.961. The fourth-order valence-corrected chi connectivity index (χ4v) is 1.85. The van der Waals surface area contributed by atoms with Crippen molar-refractivity contribution in [1.82, 2.24) is 10.2 Å². The Bertz CT molecular complexity index is 576. The second-order valence-corrected chi connectivity index (χ2v) is 5.02. The molecule has 0 atom stereocenters. The minimum absolute atomic E-state index is 0.182. The second kappa shape index (κ2) is 6.28. The molecule has 1 heterocycles. The zero-order valence-electron chi connectivity index (χ0n) is 12.1. The summed E-state index contributed by atoms with van der Waals surface area (Å²) in [5.41, 5.74) is 3.14. The van der Waals surface area contributed by atoms with Crippen LogP contribution in [0, 0.1) is 6.92 Å². The van der Waals surface area contributed by atoms with Crippen LogP contribution in [-0.2, 0) is 4.79 Å². The van der Waals surface area contributed by atoms with Gasteiger partial charge < -0.3 is 4.90 Å². The highest BCUT2D eigenvalue weighted by Gasteiger charge is 2.06. The van der Waals surface area contributed by atoms with Gasteiger partial charge in [-0.3, -0.25) is 4.79 Å². The van der Waals surface area contributed by atoms with E-state index in [1.165, 1.54) is 5.56 Å². The van der Waals surface area contributed by atoms with Gasteiger partial charge in [-0.2, -0.15) is 0 Å². The third-order valence-corrected chi connectivity index (χ3v) is 3.19. The van der Waals surface area contributed by atoms with Gasteiger partial charge in [0.15, 0.2) is 5.82 Å². The van der Waals surface area contributed by atoms with Crippen LogP contribution in [0.25, 0.3) is 11.3 Å². The number of anilines is 1. The van der Waals surface area contributed by atoms with Crippen molar-refractivity contribution in [1.29, 1.82) is 0 Å². The SMILES string of the molecule is CC(=O)CCN(C)c1ccc(-c2ccc(C)cc2)nn1. The Balaban J connectivity index is 2.09. The Morgan fingerprint density at radius 3 is 2.35 bits per heavy atom. The van der Waals surface area contributed by atoms with Gasteiger partial charge in [-0.25, -0.2) is 0 Å². The average molecular weight is 269 g/mol. The predicted octanol–water partition coefficient (Wildman–Crippen LogP) is 2.87. The van der Waals surface area contributed by atoms with Crippen molar-refractivity contribution in [3.05, 3.63) is 42.0 Å². The topological polar surface area (TPSA) is 46.1 Å². The van der Waals surface area contributed by atoms with Gasteiger partial charge in [0.05, 0.1) is 5.69 Å². The molecule has 1 aromatic heterocycles. The van der Waals surface area contributed by atoms with Crippen molar-refractivity contribution >= 4 is 11.6 Å². The second-order valence-electron chi connectivity index (χ2n) is 5.02. The molecule has 4 nitrogen and oxygen atoms in total. The summed E-state index contributed by atoms with van der Waals surface area (Å²) in [5, 5.41) is 8.47. The molecule has 2 aromatic rings. The van der Waals surface area contributed by atoms with Crippen molar-refractivity contribution in [3.8, 4) is 11.3 Å². The molecule has 0 bridgehead atoms. The smallest absolute Gasteiger partial charge is 0.151 e. The van der Waals surface area contributed by atoms with Gasteiger partial charge in [0.2, 0.25) is 0 Å². The quantitative estimate of drug-likeness (QED) is 0.837. The van der Waals surface area contributed by atoms with E-state index in [0.717, 1.165) is 17.1 Å². The molecule has 2 rings (SSSR count). The Morgan fingerprint density at radius 1 is 1.10 bits per heavy atom. The van der Waals surface area contributed by atoms with Gasteiger partial charge in [-0.05, 0) is 26.0 Å². The number of ketones is 1. The fraction of sp³-hybridized carbons (Fsp3) is 0.312. The van der Waals surface area contributed by atoms with Crippen LogP contribution in [0.3, 0.4) is 0 Å². The number of hydrogen-bond acceptors (Lipinski definition) is 4. The van der Waals surface area contributed by atoms with Crippen LogP contribution in [0.1, 0.15) is 18.9 Å². The molecule has 0 saturated heterocycles. The highest BCUT2D eigenvalue weighted by molar-refractivity contribution is 5.76. The lowest BCUT2D eigenvalue weighted by atomic mass is 10.1. The standard InChI is InChI=1S/C16H19N3O/c1-12-4-6-14(7-5-12)15-8-9-16(18-17-15)19(3)11-10-13(2)20/h4-9H,10-11H2,1-3H3. The van der Waals surface area contributed by atoms with E-state index in [2.05, 4.69) is 29.3 Å². The van der Waals surface area contributed by atoms with Crippen molar-refractivity contribution < 1.29 is 4.79 Å². The number of Topliss-reactive ketones (excluding diaryl/α,β-unsaturated/α-hetero) is 1. The highest BCUT2D eigenvalue weighted by Crippen LogP contribution is 2.18. The number of carbonyl (C=O) groups excluding carboxylic acids is 1. The number of carbonyl (C=O) groups is 1. The van der Waals surface area contributed by atoms with Crippen molar-refractivity contribution in [2.45, 2.75) is 20.3 Å². The normalized spacial score (nSPS) is 10.3. The zero-order valence-corrected chi connectivity index (χ0v) is 12.1. The van der Waals surface area contributed by atoms with E-state index in [4.69, 9.17) is 0 Å². The molecular formula is C16H19N3O. The summed E-state index contributed by atoms with van der Waals surface area (Å²) >= 11 is 0. The summed E-state index contributed by atoms with van der Waals surface area (Å²) in [4.78, 5) is 12.9. The van der Waals surface area contributed by atoms with E-state index in [-0.39, 0.29) is 5.78 Å². The van der Waals surface area contributed by atoms with E-state index in [1.54, 1.807) is 6.92 Å². The lowest BCUT2D eigenvalue weighted by Gasteiger charge is -2.16. The summed E-state index contributed by atoms with van der Waals surface area (Å²) in [6, 6.07) is 12.1. The Kier molecular flexibility index (Phi) is 4.45. The Labute approximate surface area is 119 Å². The van der Waals surface area contributed by atoms with Crippen LogP contribution in [-0.4, -0.2) is 29.6 Å². The molecule has 0 N–H and O–H groups in total. The summed E-state index contributed by atoms with van der Waals surface area (Å²) in [7, 11) is 1.92. The first-order valence-corrected chi connectivity index (χ1v) is 6.67. The molecule has 0 aliphatic carbocycles. The third kappa shape index (κ3) is 3.63. The molecular weight excluding hydrogens is 250 g/mol. The molecule has 104 valence electrons. The molecule has 0 amide bonds. The molecule has 0 fully saturated rings. The van der Waals surface area contributed by atoms with Crippen molar-refractivity contribution in [2.75, 3.05) is 18.5 Å². The number of benzene rings is 1. The zero-order chi connectivity index (χ0) is 14.5. The first kappa shape index (κ1) is 14.2. The average Bonchev–Trinajstić information content (AvgIpc) is 2.46. The first-order chi connectivity index (χ1) is 9.56. The maximum absolute atomic E-state index is 11.0. The number of aromatic nitrogens is 2. The molecule has 4 heteroatoms. The summed E-state index contributed by atoms with van der Waals surface area (Å²) in [6.45, 7) is 4.32. The summed E-state index contributed by atoms with van der Waals surface area (Å²) in [6.07, 6.45) is 0.526. The molecule has 0 aliphatic rings. The van der Waals surface area contributed by atoms with Crippen LogP contribution in [0.2, 0.25) is 0 Å². The van der Waals surface area contributed by atoms with E-state index in [0.29, 0.717) is 13.0 Å². The molecule has 0 radical (unpaired) electrons. The molecule has 0 aliphatic heterocycles. The van der Waals surface area contributed by atoms with Gasteiger partial charge in [-0.15, -0.1) is 10.2 Å². The highest BCUT2D eigenvalue weighted by atomic mass is 16.1. The molecule has 20 heavy (non-hydrogen) atoms. The van der Waals surface area contributed by atoms with Gasteiger partial charge in [-0.1, -0.05) is 29.8 Å². The number of aryl methyl sites for hydroxylation is 1. The van der Waals surface area contributed by atoms with Crippen LogP contribution in [0.5, 0.6) is 0 Å². The van der Waals surface area contributed by atoms with Crippen molar-refractivity contribution in [2.24, 2.45) is 0 Å². The minimum atomic E-state index is 0.182. The maximum atomic E-state index is 11.0. The molecule has 1 aromatic carbocycles. The molecule has 0 spiro atoms. The predicted molar refractivity (Wildman–Crippen MR) is 80.8 cm³/mol. The number of hydrogen-bond donors (Lipinski definition) is 0. The first-order valence-electron chi connectivity index (χ1n) is 6.67. The van der Waals surface area contributed by atoms with E-state index in [1.807, 2.05) is 36.2 Å². The lowest BCUT2D eigenvalue weighted by Crippen LogP contribution is -2.21. The minimum Gasteiger partial charge on any atom is -0.358 e. The van der Waals surface area contributed by atoms with E-state index >= 15 is 0 Å². The molecule has 0 unspecified atom stereocenters. The van der Waals surface area contributed by atoms with Crippen molar-refractivity contribution in [3.63, 3.8) is 0 Å². The number of nitrogens with zero attached hydrogens (tertiary/aromatic N) is 3. The van der Waals surface area contributed by atoms with Gasteiger partial charge in [0.25, 0.3) is 0 Å². The van der Waals surface area contributed by atoms with Crippen LogP contribution >= 0.6 is 0 Å². The van der Waals surface area contributed by atoms with Gasteiger partial charge in [0, 0.05) is 25.6 Å². The van der Waals surface area contributed by atoms with Gasteiger partial charge in [0.1, 0.15) is 5.78 Å². The maximum Gasteiger partial charge on any atom is 0.151 e. The van der Waals surface area contributed by atoms with Crippen LogP contribution in [0.4, 0.5) is 5.82 Å².